The van der Waals surface area contributed by atoms with E-state index >= 15 is 0 Å². The summed E-state index contributed by atoms with van der Waals surface area (Å²) in [5.41, 5.74) is 2.35. The molecule has 0 unspecified atom stereocenters. The number of anilines is 1. The van der Waals surface area contributed by atoms with Crippen LogP contribution in [0.1, 0.15) is 56.6 Å². The molecular weight excluding hydrogens is 402 g/mol. The molecular formula is C21H27N5O3S. The third-order valence-corrected chi connectivity index (χ3v) is 6.18. The van der Waals surface area contributed by atoms with E-state index in [-0.39, 0.29) is 17.2 Å². The van der Waals surface area contributed by atoms with Gasteiger partial charge < -0.3 is 10.1 Å². The molecule has 1 aliphatic carbocycles. The lowest BCUT2D eigenvalue weighted by Gasteiger charge is -2.17. The van der Waals surface area contributed by atoms with Crippen LogP contribution in [0.25, 0.3) is 5.65 Å². The van der Waals surface area contributed by atoms with E-state index in [1.54, 1.807) is 10.7 Å². The van der Waals surface area contributed by atoms with Crippen LogP contribution in [0.2, 0.25) is 0 Å². The van der Waals surface area contributed by atoms with Gasteiger partial charge in [0, 0.05) is 23.9 Å². The van der Waals surface area contributed by atoms with Gasteiger partial charge in [-0.3, -0.25) is 0 Å². The minimum absolute atomic E-state index is 0.151. The second-order valence-corrected chi connectivity index (χ2v) is 9.99. The minimum Gasteiger partial charge on any atom is -0.490 e. The maximum Gasteiger partial charge on any atom is 0.252 e. The van der Waals surface area contributed by atoms with Crippen LogP contribution in [0.5, 0.6) is 5.75 Å². The molecule has 9 heteroatoms. The molecule has 160 valence electrons. The zero-order valence-corrected chi connectivity index (χ0v) is 18.3. The van der Waals surface area contributed by atoms with E-state index in [0.717, 1.165) is 36.0 Å². The number of nitrogens with zero attached hydrogens (tertiary/aromatic N) is 4. The molecule has 0 saturated heterocycles. The molecule has 1 aliphatic rings. The first-order chi connectivity index (χ1) is 14.3. The number of hydrogen-bond donors (Lipinski definition) is 1. The number of benzene rings is 1. The summed E-state index contributed by atoms with van der Waals surface area (Å²) in [4.78, 5) is 8.51. The van der Waals surface area contributed by atoms with Crippen molar-refractivity contribution in [1.82, 2.24) is 19.6 Å². The zero-order valence-electron chi connectivity index (χ0n) is 17.5. The Morgan fingerprint density at radius 3 is 2.63 bits per heavy atom. The van der Waals surface area contributed by atoms with Crippen LogP contribution in [0.4, 0.5) is 5.95 Å². The first kappa shape index (κ1) is 20.6. The Labute approximate surface area is 176 Å². The molecule has 3 aromatic rings. The second kappa shape index (κ2) is 8.22. The van der Waals surface area contributed by atoms with Gasteiger partial charge in [-0.25, -0.2) is 8.42 Å². The summed E-state index contributed by atoms with van der Waals surface area (Å²) in [5.74, 6) is 1.33. The molecule has 0 radical (unpaired) electrons. The topological polar surface area (TPSA) is 98.5 Å². The summed E-state index contributed by atoms with van der Waals surface area (Å²) in [7, 11) is -3.57. The molecule has 0 atom stereocenters. The number of para-hydroxylation sites is 1. The van der Waals surface area contributed by atoms with Gasteiger partial charge in [0.2, 0.25) is 15.8 Å². The molecule has 4 rings (SSSR count). The number of sulfone groups is 1. The number of ether oxygens (including phenoxy) is 1. The van der Waals surface area contributed by atoms with Crippen molar-refractivity contribution in [2.24, 2.45) is 0 Å². The van der Waals surface area contributed by atoms with Gasteiger partial charge in [-0.15, -0.1) is 0 Å². The van der Waals surface area contributed by atoms with Gasteiger partial charge in [0.05, 0.1) is 12.3 Å². The fraction of sp³-hybridized carbons (Fsp3) is 0.476. The van der Waals surface area contributed by atoms with Gasteiger partial charge in [-0.05, 0) is 37.7 Å². The normalized spacial score (nSPS) is 15.2. The largest absolute Gasteiger partial charge is 0.490 e. The smallest absolute Gasteiger partial charge is 0.252 e. The van der Waals surface area contributed by atoms with Gasteiger partial charge in [-0.1, -0.05) is 32.0 Å². The van der Waals surface area contributed by atoms with Crippen LogP contribution >= 0.6 is 0 Å². The Balaban J connectivity index is 1.66. The van der Waals surface area contributed by atoms with Crippen LogP contribution in [0, 0.1) is 0 Å². The highest BCUT2D eigenvalue weighted by Gasteiger charge is 2.21. The van der Waals surface area contributed by atoms with Crippen LogP contribution < -0.4 is 10.1 Å². The molecule has 1 N–H and O–H groups in total. The quantitative estimate of drug-likeness (QED) is 0.613. The fourth-order valence-electron chi connectivity index (χ4n) is 3.69. The molecule has 2 aromatic heterocycles. The third kappa shape index (κ3) is 4.26. The Kier molecular flexibility index (Phi) is 5.64. The second-order valence-electron chi connectivity index (χ2n) is 8.08. The average Bonchev–Trinajstić information content (AvgIpc) is 3.35. The van der Waals surface area contributed by atoms with Gasteiger partial charge >= 0.3 is 0 Å². The molecule has 1 fully saturated rings. The lowest BCUT2D eigenvalue weighted by Crippen LogP contribution is -2.15. The van der Waals surface area contributed by atoms with Crippen molar-refractivity contribution in [3.8, 4) is 5.75 Å². The zero-order chi connectivity index (χ0) is 21.3. The number of nitrogens with one attached hydrogen (secondary N) is 1. The summed E-state index contributed by atoms with van der Waals surface area (Å²) < 4.78 is 32.1. The van der Waals surface area contributed by atoms with Crippen molar-refractivity contribution in [3.63, 3.8) is 0 Å². The SMILES string of the molecule is CC(C)c1cnn2c(NCc3ccccc3OC3CCCC3)nc(S(C)(=O)=O)nc12. The summed E-state index contributed by atoms with van der Waals surface area (Å²) >= 11 is 0. The van der Waals surface area contributed by atoms with E-state index in [1.165, 1.54) is 12.8 Å². The van der Waals surface area contributed by atoms with E-state index in [1.807, 2.05) is 38.1 Å². The van der Waals surface area contributed by atoms with Crippen LogP contribution in [-0.2, 0) is 16.4 Å². The number of rotatable bonds is 7. The van der Waals surface area contributed by atoms with E-state index in [2.05, 4.69) is 20.4 Å². The van der Waals surface area contributed by atoms with Crippen LogP contribution in [0.3, 0.4) is 0 Å². The molecule has 0 amide bonds. The van der Waals surface area contributed by atoms with Gasteiger partial charge in [-0.2, -0.15) is 19.6 Å². The molecule has 0 bridgehead atoms. The average molecular weight is 430 g/mol. The summed E-state index contributed by atoms with van der Waals surface area (Å²) in [6.07, 6.45) is 7.65. The van der Waals surface area contributed by atoms with Crippen LogP contribution in [-0.4, -0.2) is 40.4 Å². The molecule has 30 heavy (non-hydrogen) atoms. The standard InChI is InChI=1S/C21H27N5O3S/c1-14(2)17-13-23-26-19(17)24-21(30(3,27)28)25-20(26)22-12-15-8-4-7-11-18(15)29-16-9-5-6-10-16/h4,7-8,11,13-14,16H,5-6,9-10,12H2,1-3H3,(H,22,24,25). The lowest BCUT2D eigenvalue weighted by atomic mass is 10.1. The minimum atomic E-state index is -3.57. The van der Waals surface area contributed by atoms with Crippen molar-refractivity contribution < 1.29 is 13.2 Å². The van der Waals surface area contributed by atoms with Crippen LogP contribution in [0.15, 0.2) is 35.6 Å². The predicted molar refractivity (Wildman–Crippen MR) is 115 cm³/mol. The lowest BCUT2D eigenvalue weighted by molar-refractivity contribution is 0.208. The van der Waals surface area contributed by atoms with Gasteiger partial charge in [0.1, 0.15) is 5.75 Å². The van der Waals surface area contributed by atoms with E-state index in [4.69, 9.17) is 4.74 Å². The Morgan fingerprint density at radius 1 is 1.20 bits per heavy atom. The maximum absolute atomic E-state index is 12.2. The van der Waals surface area contributed by atoms with Crippen molar-refractivity contribution >= 4 is 21.4 Å². The van der Waals surface area contributed by atoms with Crippen molar-refractivity contribution in [1.29, 1.82) is 0 Å². The summed E-state index contributed by atoms with van der Waals surface area (Å²) in [6, 6.07) is 7.88. The maximum atomic E-state index is 12.2. The Morgan fingerprint density at radius 2 is 1.93 bits per heavy atom. The summed E-state index contributed by atoms with van der Waals surface area (Å²) in [6.45, 7) is 4.46. The van der Waals surface area contributed by atoms with Gasteiger partial charge in [0.25, 0.3) is 5.16 Å². The first-order valence-corrected chi connectivity index (χ1v) is 12.2. The highest BCUT2D eigenvalue weighted by Crippen LogP contribution is 2.27. The molecule has 2 heterocycles. The molecule has 8 nitrogen and oxygen atoms in total. The number of aromatic nitrogens is 4. The van der Waals surface area contributed by atoms with Crippen molar-refractivity contribution in [2.45, 2.75) is 63.3 Å². The molecule has 0 spiro atoms. The summed E-state index contributed by atoms with van der Waals surface area (Å²) in [5, 5.41) is 7.41. The monoisotopic (exact) mass is 429 g/mol. The molecule has 1 saturated carbocycles. The highest BCUT2D eigenvalue weighted by atomic mass is 32.2. The van der Waals surface area contributed by atoms with Gasteiger partial charge in [0.15, 0.2) is 5.65 Å². The fourth-order valence-corrected chi connectivity index (χ4v) is 4.19. The third-order valence-electron chi connectivity index (χ3n) is 5.33. The first-order valence-electron chi connectivity index (χ1n) is 10.3. The molecule has 0 aliphatic heterocycles. The Bertz CT molecular complexity index is 1150. The van der Waals surface area contributed by atoms with E-state index in [0.29, 0.717) is 18.1 Å². The van der Waals surface area contributed by atoms with E-state index in [9.17, 15) is 8.42 Å². The molecule has 1 aromatic carbocycles. The predicted octanol–water partition coefficient (Wildman–Crippen LogP) is 3.58. The number of hydrogen-bond acceptors (Lipinski definition) is 7. The number of fused-ring (bicyclic) bond motifs is 1. The van der Waals surface area contributed by atoms with Crippen molar-refractivity contribution in [2.75, 3.05) is 11.6 Å². The highest BCUT2D eigenvalue weighted by molar-refractivity contribution is 7.90. The van der Waals surface area contributed by atoms with E-state index < -0.39 is 9.84 Å². The van der Waals surface area contributed by atoms with Crippen molar-refractivity contribution in [3.05, 3.63) is 41.6 Å². The Hall–Kier alpha value is -2.68.